The molecule has 0 saturated carbocycles. The Balaban J connectivity index is 1.28. The van der Waals surface area contributed by atoms with Crippen molar-refractivity contribution < 1.29 is 28.4 Å². The molecule has 0 N–H and O–H groups in total. The van der Waals surface area contributed by atoms with Crippen LogP contribution >= 0.6 is 0 Å². The SMILES string of the molecule is CC1(C)O[C@H]2[C@@H](O1)[C@@H](COc1cc(-c3ccccn3)nc(-c3ccccn3)c1)O[C@@H]1OC(C)(C)O[C@@H]12. The summed E-state index contributed by atoms with van der Waals surface area (Å²) in [4.78, 5) is 13.7. The second kappa shape index (κ2) is 8.86. The van der Waals surface area contributed by atoms with Crippen LogP contribution in [-0.2, 0) is 23.7 Å². The zero-order valence-corrected chi connectivity index (χ0v) is 20.7. The van der Waals surface area contributed by atoms with Gasteiger partial charge in [-0.15, -0.1) is 0 Å². The monoisotopic (exact) mass is 491 g/mol. The molecule has 6 rings (SSSR count). The molecule has 0 spiro atoms. The molecule has 0 aliphatic carbocycles. The first kappa shape index (κ1) is 23.4. The fourth-order valence-electron chi connectivity index (χ4n) is 4.89. The molecule has 5 atom stereocenters. The van der Waals surface area contributed by atoms with Gasteiger partial charge in [-0.3, -0.25) is 9.97 Å². The molecule has 0 bridgehead atoms. The summed E-state index contributed by atoms with van der Waals surface area (Å²) >= 11 is 0. The number of hydrogen-bond acceptors (Lipinski definition) is 9. The molecule has 3 saturated heterocycles. The van der Waals surface area contributed by atoms with Crippen LogP contribution in [0.3, 0.4) is 0 Å². The molecule has 9 nitrogen and oxygen atoms in total. The summed E-state index contributed by atoms with van der Waals surface area (Å²) in [5.41, 5.74) is 2.86. The molecular formula is C27H29N3O6. The highest BCUT2D eigenvalue weighted by atomic mass is 16.9. The predicted molar refractivity (Wildman–Crippen MR) is 129 cm³/mol. The quantitative estimate of drug-likeness (QED) is 0.525. The van der Waals surface area contributed by atoms with Gasteiger partial charge in [-0.1, -0.05) is 12.1 Å². The number of nitrogens with zero attached hydrogens (tertiary/aromatic N) is 3. The molecular weight excluding hydrogens is 462 g/mol. The first-order chi connectivity index (χ1) is 17.3. The molecule has 6 heterocycles. The Morgan fingerprint density at radius 1 is 0.722 bits per heavy atom. The van der Waals surface area contributed by atoms with Gasteiger partial charge in [0.15, 0.2) is 17.9 Å². The van der Waals surface area contributed by atoms with Gasteiger partial charge in [0.2, 0.25) is 0 Å². The molecule has 3 aliphatic heterocycles. The third kappa shape index (κ3) is 4.60. The van der Waals surface area contributed by atoms with Gasteiger partial charge in [-0.05, 0) is 52.0 Å². The Morgan fingerprint density at radius 3 is 1.92 bits per heavy atom. The fourth-order valence-corrected chi connectivity index (χ4v) is 4.89. The average Bonchev–Trinajstić information content (AvgIpc) is 3.37. The van der Waals surface area contributed by atoms with Crippen LogP contribution in [0, 0.1) is 0 Å². The van der Waals surface area contributed by atoms with Crippen LogP contribution in [0.2, 0.25) is 0 Å². The van der Waals surface area contributed by atoms with Crippen molar-refractivity contribution in [3.8, 4) is 28.5 Å². The van der Waals surface area contributed by atoms with Gasteiger partial charge in [0.1, 0.15) is 36.8 Å². The van der Waals surface area contributed by atoms with E-state index in [4.69, 9.17) is 33.4 Å². The van der Waals surface area contributed by atoms with Crippen molar-refractivity contribution in [3.63, 3.8) is 0 Å². The topological polar surface area (TPSA) is 94.1 Å². The maximum absolute atomic E-state index is 6.29. The van der Waals surface area contributed by atoms with Crippen molar-refractivity contribution in [2.75, 3.05) is 6.61 Å². The lowest BCUT2D eigenvalue weighted by Crippen LogP contribution is -2.56. The van der Waals surface area contributed by atoms with E-state index >= 15 is 0 Å². The second-order valence-electron chi connectivity index (χ2n) is 10.0. The number of pyridine rings is 3. The summed E-state index contributed by atoms with van der Waals surface area (Å²) < 4.78 is 37.1. The summed E-state index contributed by atoms with van der Waals surface area (Å²) in [6.07, 6.45) is 1.39. The van der Waals surface area contributed by atoms with E-state index in [1.54, 1.807) is 12.4 Å². The number of rotatable bonds is 5. The maximum atomic E-state index is 6.29. The molecule has 0 unspecified atom stereocenters. The van der Waals surface area contributed by atoms with E-state index in [0.717, 1.165) is 11.4 Å². The first-order valence-electron chi connectivity index (χ1n) is 12.1. The minimum absolute atomic E-state index is 0.223. The first-order valence-corrected chi connectivity index (χ1v) is 12.1. The Kier molecular flexibility index (Phi) is 5.77. The molecule has 0 aromatic carbocycles. The second-order valence-corrected chi connectivity index (χ2v) is 10.0. The third-order valence-electron chi connectivity index (χ3n) is 6.32. The highest BCUT2D eigenvalue weighted by Crippen LogP contribution is 2.44. The molecule has 3 aromatic rings. The zero-order valence-electron chi connectivity index (χ0n) is 20.7. The average molecular weight is 492 g/mol. The summed E-state index contributed by atoms with van der Waals surface area (Å²) in [7, 11) is 0. The van der Waals surface area contributed by atoms with Gasteiger partial charge in [-0.2, -0.15) is 0 Å². The fraction of sp³-hybridized carbons (Fsp3) is 0.444. The Labute approximate surface area is 209 Å². The van der Waals surface area contributed by atoms with Gasteiger partial charge >= 0.3 is 0 Å². The summed E-state index contributed by atoms with van der Waals surface area (Å²) in [6, 6.07) is 15.1. The molecule has 3 aromatic heterocycles. The Bertz CT molecular complexity index is 1160. The Morgan fingerprint density at radius 2 is 1.31 bits per heavy atom. The predicted octanol–water partition coefficient (Wildman–Crippen LogP) is 3.98. The third-order valence-corrected chi connectivity index (χ3v) is 6.32. The summed E-state index contributed by atoms with van der Waals surface area (Å²) in [5, 5.41) is 0. The smallest absolute Gasteiger partial charge is 0.190 e. The van der Waals surface area contributed by atoms with Gasteiger partial charge < -0.3 is 28.4 Å². The van der Waals surface area contributed by atoms with Crippen LogP contribution in [0.25, 0.3) is 22.8 Å². The number of aromatic nitrogens is 3. The van der Waals surface area contributed by atoms with Crippen LogP contribution in [0.4, 0.5) is 0 Å². The molecule has 0 radical (unpaired) electrons. The van der Waals surface area contributed by atoms with E-state index in [1.807, 2.05) is 76.2 Å². The molecule has 3 fully saturated rings. The zero-order chi connectivity index (χ0) is 24.9. The van der Waals surface area contributed by atoms with Crippen LogP contribution in [0.1, 0.15) is 27.7 Å². The van der Waals surface area contributed by atoms with Crippen molar-refractivity contribution >= 4 is 0 Å². The molecule has 9 heteroatoms. The van der Waals surface area contributed by atoms with Crippen molar-refractivity contribution in [3.05, 3.63) is 60.9 Å². The minimum atomic E-state index is -0.772. The van der Waals surface area contributed by atoms with Crippen molar-refractivity contribution in [2.45, 2.75) is 70.0 Å². The van der Waals surface area contributed by atoms with Crippen LogP contribution in [0.5, 0.6) is 5.75 Å². The van der Waals surface area contributed by atoms with Crippen molar-refractivity contribution in [1.29, 1.82) is 0 Å². The minimum Gasteiger partial charge on any atom is -0.491 e. The molecule has 0 amide bonds. The normalized spacial score (nSPS) is 29.9. The van der Waals surface area contributed by atoms with Crippen LogP contribution < -0.4 is 4.74 Å². The maximum Gasteiger partial charge on any atom is 0.190 e. The highest BCUT2D eigenvalue weighted by molar-refractivity contribution is 5.64. The number of fused-ring (bicyclic) bond motifs is 3. The highest BCUT2D eigenvalue weighted by Gasteiger charge is 2.60. The summed E-state index contributed by atoms with van der Waals surface area (Å²) in [6.45, 7) is 7.73. The van der Waals surface area contributed by atoms with Gasteiger partial charge in [0.05, 0.1) is 22.8 Å². The van der Waals surface area contributed by atoms with Crippen molar-refractivity contribution in [2.24, 2.45) is 0 Å². The lowest BCUT2D eigenvalue weighted by molar-refractivity contribution is -0.238. The van der Waals surface area contributed by atoms with Gasteiger partial charge in [0.25, 0.3) is 0 Å². The molecule has 36 heavy (non-hydrogen) atoms. The van der Waals surface area contributed by atoms with E-state index < -0.39 is 24.0 Å². The number of hydrogen-bond donors (Lipinski definition) is 0. The van der Waals surface area contributed by atoms with E-state index in [-0.39, 0.29) is 24.9 Å². The van der Waals surface area contributed by atoms with Gasteiger partial charge in [0, 0.05) is 24.5 Å². The standard InChI is InChI=1S/C27H29N3O6/c1-26(2)33-22-21(32-25-24(23(22)34-26)35-27(3,4)36-25)15-31-16-13-19(17-9-5-7-11-28-17)30-20(14-16)18-10-6-8-12-29-18/h5-14,21-25H,15H2,1-4H3/t21-,22+,23+,24-,25-/m1/s1. The van der Waals surface area contributed by atoms with Gasteiger partial charge in [-0.25, -0.2) is 4.98 Å². The molecule has 188 valence electrons. The van der Waals surface area contributed by atoms with E-state index in [1.165, 1.54) is 0 Å². The lowest BCUT2D eigenvalue weighted by Gasteiger charge is -2.37. The van der Waals surface area contributed by atoms with Crippen LogP contribution in [0.15, 0.2) is 60.9 Å². The lowest BCUT2D eigenvalue weighted by atomic mass is 9.99. The summed E-state index contributed by atoms with van der Waals surface area (Å²) in [5.74, 6) is -0.918. The van der Waals surface area contributed by atoms with E-state index in [2.05, 4.69) is 9.97 Å². The number of ether oxygens (including phenoxy) is 6. The van der Waals surface area contributed by atoms with Crippen molar-refractivity contribution in [1.82, 2.24) is 15.0 Å². The van der Waals surface area contributed by atoms with Crippen LogP contribution in [-0.4, -0.2) is 63.8 Å². The largest absolute Gasteiger partial charge is 0.491 e. The Hall–Kier alpha value is -2.95. The van der Waals surface area contributed by atoms with E-state index in [9.17, 15) is 0 Å². The van der Waals surface area contributed by atoms with E-state index in [0.29, 0.717) is 17.1 Å². The molecule has 3 aliphatic rings.